The lowest BCUT2D eigenvalue weighted by Crippen LogP contribution is -2.21. The number of nitrogens with zero attached hydrogens (tertiary/aromatic N) is 4. The number of carbonyl (C=O) groups excluding carboxylic acids is 1. The van der Waals surface area contributed by atoms with Gasteiger partial charge in [-0.1, -0.05) is 35.9 Å². The minimum absolute atomic E-state index is 0.0520. The highest BCUT2D eigenvalue weighted by molar-refractivity contribution is 5.92. The van der Waals surface area contributed by atoms with E-state index in [1.165, 1.54) is 10.9 Å². The zero-order valence-electron chi connectivity index (χ0n) is 18.7. The normalized spacial score (nSPS) is 10.8. The highest BCUT2D eigenvalue weighted by Crippen LogP contribution is 2.22. The van der Waals surface area contributed by atoms with Crippen molar-refractivity contribution < 1.29 is 13.9 Å². The van der Waals surface area contributed by atoms with E-state index in [1.54, 1.807) is 42.5 Å². The number of hydrogen-bond acceptors (Lipinski definition) is 5. The Labute approximate surface area is 191 Å². The van der Waals surface area contributed by atoms with Crippen LogP contribution in [0.1, 0.15) is 22.3 Å². The maximum Gasteiger partial charge on any atom is 0.248 e. The highest BCUT2D eigenvalue weighted by Gasteiger charge is 2.12. The number of halogens is 1. The van der Waals surface area contributed by atoms with Crippen LogP contribution in [0, 0.1) is 26.6 Å². The van der Waals surface area contributed by atoms with Gasteiger partial charge in [0.2, 0.25) is 11.7 Å². The standard InChI is InChI=1S/C25H24FN5O2/c1-16-12-17(2)24(18(3)13-16)27-23(32)14-31-29-25(28-30-31)19-8-10-21(11-9-19)33-15-20-6-4-5-7-22(20)26/h4-13H,14-15H2,1-3H3,(H,27,32). The van der Waals surface area contributed by atoms with Crippen molar-refractivity contribution in [2.45, 2.75) is 33.9 Å². The molecule has 1 N–H and O–H groups in total. The molecule has 3 aromatic carbocycles. The van der Waals surface area contributed by atoms with Gasteiger partial charge in [-0.25, -0.2) is 4.39 Å². The molecule has 0 saturated carbocycles. The first-order chi connectivity index (χ1) is 15.9. The fraction of sp³-hybridized carbons (Fsp3) is 0.200. The third-order valence-corrected chi connectivity index (χ3v) is 5.14. The van der Waals surface area contributed by atoms with Gasteiger partial charge >= 0.3 is 0 Å². The predicted molar refractivity (Wildman–Crippen MR) is 123 cm³/mol. The molecule has 168 valence electrons. The summed E-state index contributed by atoms with van der Waals surface area (Å²) in [5, 5.41) is 15.3. The van der Waals surface area contributed by atoms with Crippen LogP contribution >= 0.6 is 0 Å². The summed E-state index contributed by atoms with van der Waals surface area (Å²) in [6, 6.07) is 17.6. The van der Waals surface area contributed by atoms with Crippen LogP contribution in [0.4, 0.5) is 10.1 Å². The summed E-state index contributed by atoms with van der Waals surface area (Å²) in [6.45, 7) is 6.03. The molecule has 0 aliphatic heterocycles. The van der Waals surface area contributed by atoms with Crippen molar-refractivity contribution in [3.63, 3.8) is 0 Å². The molecule has 0 radical (unpaired) electrons. The molecule has 8 heteroatoms. The number of tetrazole rings is 1. The minimum atomic E-state index is -0.299. The smallest absolute Gasteiger partial charge is 0.248 e. The summed E-state index contributed by atoms with van der Waals surface area (Å²) in [5.41, 5.74) is 5.17. The summed E-state index contributed by atoms with van der Waals surface area (Å²) in [5.74, 6) is 0.460. The van der Waals surface area contributed by atoms with Gasteiger partial charge in [-0.05, 0) is 67.4 Å². The van der Waals surface area contributed by atoms with E-state index < -0.39 is 0 Å². The number of hydrogen-bond donors (Lipinski definition) is 1. The highest BCUT2D eigenvalue weighted by atomic mass is 19.1. The molecule has 1 heterocycles. The molecular weight excluding hydrogens is 421 g/mol. The Hall–Kier alpha value is -4.07. The first-order valence-electron chi connectivity index (χ1n) is 10.5. The second-order valence-corrected chi connectivity index (χ2v) is 7.87. The molecule has 4 rings (SSSR count). The number of anilines is 1. The number of rotatable bonds is 7. The van der Waals surface area contributed by atoms with Gasteiger partial charge in [0, 0.05) is 16.8 Å². The van der Waals surface area contributed by atoms with Gasteiger partial charge in [0.1, 0.15) is 24.7 Å². The molecule has 0 atom stereocenters. The predicted octanol–water partition coefficient (Wildman–Crippen LogP) is 4.62. The average Bonchev–Trinajstić information content (AvgIpc) is 3.24. The Bertz CT molecular complexity index is 1260. The van der Waals surface area contributed by atoms with Gasteiger partial charge in [-0.15, -0.1) is 10.2 Å². The molecule has 0 aliphatic carbocycles. The summed E-state index contributed by atoms with van der Waals surface area (Å²) in [7, 11) is 0. The molecule has 1 amide bonds. The molecule has 0 fully saturated rings. The van der Waals surface area contributed by atoms with Crippen LogP contribution in [-0.2, 0) is 17.9 Å². The van der Waals surface area contributed by atoms with Gasteiger partial charge < -0.3 is 10.1 Å². The average molecular weight is 445 g/mol. The van der Waals surface area contributed by atoms with E-state index in [0.29, 0.717) is 17.1 Å². The molecule has 33 heavy (non-hydrogen) atoms. The minimum Gasteiger partial charge on any atom is -0.489 e. The first-order valence-corrected chi connectivity index (χ1v) is 10.5. The Balaban J connectivity index is 1.37. The van der Waals surface area contributed by atoms with E-state index in [2.05, 4.69) is 20.7 Å². The SMILES string of the molecule is Cc1cc(C)c(NC(=O)Cn2nnc(-c3ccc(OCc4ccccc4F)cc3)n2)c(C)c1. The Kier molecular flexibility index (Phi) is 6.44. The number of nitrogens with one attached hydrogen (secondary N) is 1. The Morgan fingerprint density at radius 1 is 1.03 bits per heavy atom. The second-order valence-electron chi connectivity index (χ2n) is 7.87. The van der Waals surface area contributed by atoms with Crippen molar-refractivity contribution in [3.8, 4) is 17.1 Å². The molecule has 0 unspecified atom stereocenters. The lowest BCUT2D eigenvalue weighted by atomic mass is 10.1. The van der Waals surface area contributed by atoms with Crippen molar-refractivity contribution in [2.24, 2.45) is 0 Å². The summed E-state index contributed by atoms with van der Waals surface area (Å²) < 4.78 is 19.4. The van der Waals surface area contributed by atoms with E-state index in [1.807, 2.05) is 32.9 Å². The van der Waals surface area contributed by atoms with Gasteiger partial charge in [-0.3, -0.25) is 4.79 Å². The van der Waals surface area contributed by atoms with E-state index in [9.17, 15) is 9.18 Å². The van der Waals surface area contributed by atoms with Crippen LogP contribution in [0.5, 0.6) is 5.75 Å². The van der Waals surface area contributed by atoms with Gasteiger partial charge in [-0.2, -0.15) is 4.80 Å². The molecule has 0 saturated heterocycles. The molecular formula is C25H24FN5O2. The third-order valence-electron chi connectivity index (χ3n) is 5.14. The largest absolute Gasteiger partial charge is 0.489 e. The monoisotopic (exact) mass is 445 g/mol. The molecule has 4 aromatic rings. The van der Waals surface area contributed by atoms with Crippen molar-refractivity contribution in [1.82, 2.24) is 20.2 Å². The van der Waals surface area contributed by atoms with E-state index in [0.717, 1.165) is 27.9 Å². The Morgan fingerprint density at radius 2 is 1.73 bits per heavy atom. The lowest BCUT2D eigenvalue weighted by Gasteiger charge is -2.12. The maximum absolute atomic E-state index is 13.7. The number of aryl methyl sites for hydroxylation is 3. The summed E-state index contributed by atoms with van der Waals surface area (Å²) in [4.78, 5) is 13.7. The van der Waals surface area contributed by atoms with Crippen molar-refractivity contribution in [1.29, 1.82) is 0 Å². The first kappa shape index (κ1) is 22.1. The van der Waals surface area contributed by atoms with E-state index in [4.69, 9.17) is 4.74 Å². The number of aromatic nitrogens is 4. The number of carbonyl (C=O) groups is 1. The lowest BCUT2D eigenvalue weighted by molar-refractivity contribution is -0.117. The zero-order valence-corrected chi connectivity index (χ0v) is 18.7. The van der Waals surface area contributed by atoms with Gasteiger partial charge in [0.15, 0.2) is 0 Å². The van der Waals surface area contributed by atoms with Crippen LogP contribution in [-0.4, -0.2) is 26.1 Å². The molecule has 0 aliphatic rings. The zero-order chi connectivity index (χ0) is 23.4. The van der Waals surface area contributed by atoms with Crippen LogP contribution < -0.4 is 10.1 Å². The summed E-state index contributed by atoms with van der Waals surface area (Å²) >= 11 is 0. The number of amides is 1. The van der Waals surface area contributed by atoms with E-state index in [-0.39, 0.29) is 24.9 Å². The summed E-state index contributed by atoms with van der Waals surface area (Å²) in [6.07, 6.45) is 0. The molecule has 0 bridgehead atoms. The fourth-order valence-electron chi connectivity index (χ4n) is 3.59. The molecule has 0 spiro atoms. The third kappa shape index (κ3) is 5.41. The molecule has 7 nitrogen and oxygen atoms in total. The fourth-order valence-corrected chi connectivity index (χ4v) is 3.59. The quantitative estimate of drug-likeness (QED) is 0.449. The van der Waals surface area contributed by atoms with Crippen LogP contribution in [0.25, 0.3) is 11.4 Å². The van der Waals surface area contributed by atoms with Crippen LogP contribution in [0.2, 0.25) is 0 Å². The number of ether oxygens (including phenoxy) is 1. The topological polar surface area (TPSA) is 81.9 Å². The van der Waals surface area contributed by atoms with Gasteiger partial charge in [0.25, 0.3) is 0 Å². The van der Waals surface area contributed by atoms with Crippen LogP contribution in [0.3, 0.4) is 0 Å². The maximum atomic E-state index is 13.7. The van der Waals surface area contributed by atoms with Crippen LogP contribution in [0.15, 0.2) is 60.7 Å². The number of benzene rings is 3. The van der Waals surface area contributed by atoms with Crippen molar-refractivity contribution >= 4 is 11.6 Å². The van der Waals surface area contributed by atoms with Crippen molar-refractivity contribution in [2.75, 3.05) is 5.32 Å². The molecule has 1 aromatic heterocycles. The second kappa shape index (κ2) is 9.60. The Morgan fingerprint density at radius 3 is 2.42 bits per heavy atom. The van der Waals surface area contributed by atoms with E-state index >= 15 is 0 Å². The van der Waals surface area contributed by atoms with Gasteiger partial charge in [0.05, 0.1) is 0 Å². The van der Waals surface area contributed by atoms with Crippen molar-refractivity contribution in [3.05, 3.63) is 88.7 Å².